The maximum absolute atomic E-state index is 9.74. The van der Waals surface area contributed by atoms with Gasteiger partial charge in [-0.15, -0.1) is 0 Å². The third-order valence-electron chi connectivity index (χ3n) is 2.25. The molecule has 1 unspecified atom stereocenters. The molecule has 0 saturated heterocycles. The van der Waals surface area contributed by atoms with Crippen LogP contribution >= 0.6 is 0 Å². The van der Waals surface area contributed by atoms with E-state index in [0.29, 0.717) is 19.7 Å². The van der Waals surface area contributed by atoms with E-state index >= 15 is 0 Å². The van der Waals surface area contributed by atoms with Crippen molar-refractivity contribution in [2.24, 2.45) is 0 Å². The summed E-state index contributed by atoms with van der Waals surface area (Å²) in [6, 6.07) is 1.90. The summed E-state index contributed by atoms with van der Waals surface area (Å²) in [6.07, 6.45) is -0.330. The number of hydrogen-bond acceptors (Lipinski definition) is 5. The highest BCUT2D eigenvalue weighted by Gasteiger charge is 2.11. The van der Waals surface area contributed by atoms with E-state index in [1.54, 1.807) is 0 Å². The molecule has 1 aromatic heterocycles. The van der Waals surface area contributed by atoms with Crippen LogP contribution < -0.4 is 0 Å². The molecule has 5 nitrogen and oxygen atoms in total. The Labute approximate surface area is 102 Å². The topological polar surface area (TPSA) is 58.7 Å². The molecule has 1 aromatic rings. The minimum atomic E-state index is -0.476. The molecule has 17 heavy (non-hydrogen) atoms. The number of aliphatic hydroxyl groups is 1. The molecule has 0 aliphatic heterocycles. The van der Waals surface area contributed by atoms with Crippen LogP contribution in [0.15, 0.2) is 10.6 Å². The molecule has 0 saturated carbocycles. The zero-order chi connectivity index (χ0) is 12.8. The fourth-order valence-corrected chi connectivity index (χ4v) is 1.55. The average molecular weight is 242 g/mol. The van der Waals surface area contributed by atoms with E-state index in [-0.39, 0.29) is 6.10 Å². The van der Waals surface area contributed by atoms with Crippen LogP contribution in [0.2, 0.25) is 0 Å². The predicted molar refractivity (Wildman–Crippen MR) is 64.7 cm³/mol. The van der Waals surface area contributed by atoms with E-state index in [9.17, 15) is 5.11 Å². The molecule has 0 radical (unpaired) electrons. The Morgan fingerprint density at radius 1 is 1.53 bits per heavy atom. The molecule has 0 amide bonds. The number of hydrogen-bond donors (Lipinski definition) is 1. The van der Waals surface area contributed by atoms with Gasteiger partial charge in [0, 0.05) is 19.2 Å². The maximum atomic E-state index is 9.74. The summed E-state index contributed by atoms with van der Waals surface area (Å²) in [4.78, 5) is 1.99. The summed E-state index contributed by atoms with van der Waals surface area (Å²) in [7, 11) is 1.93. The first-order valence-corrected chi connectivity index (χ1v) is 5.87. The first-order chi connectivity index (χ1) is 7.97. The van der Waals surface area contributed by atoms with E-state index < -0.39 is 6.10 Å². The average Bonchev–Trinajstić information content (AvgIpc) is 2.60. The number of aryl methyl sites for hydroxylation is 1. The van der Waals surface area contributed by atoms with Crippen molar-refractivity contribution >= 4 is 0 Å². The van der Waals surface area contributed by atoms with Gasteiger partial charge in [-0.2, -0.15) is 0 Å². The predicted octanol–water partition coefficient (Wildman–Crippen LogP) is 1.20. The Balaban J connectivity index is 2.26. The molecule has 1 rings (SSSR count). The van der Waals surface area contributed by atoms with Crippen molar-refractivity contribution in [1.29, 1.82) is 0 Å². The van der Waals surface area contributed by atoms with Gasteiger partial charge in [0.25, 0.3) is 0 Å². The maximum Gasteiger partial charge on any atom is 0.133 e. The Bertz CT molecular complexity index is 325. The largest absolute Gasteiger partial charge is 0.389 e. The third kappa shape index (κ3) is 5.81. The molecule has 1 heterocycles. The third-order valence-corrected chi connectivity index (χ3v) is 2.25. The second-order valence-corrected chi connectivity index (χ2v) is 4.66. The summed E-state index contributed by atoms with van der Waals surface area (Å²) in [6.45, 7) is 7.35. The first kappa shape index (κ1) is 14.2. The van der Waals surface area contributed by atoms with Gasteiger partial charge in [0.2, 0.25) is 0 Å². The minimum absolute atomic E-state index is 0.146. The Hall–Kier alpha value is -0.910. The smallest absolute Gasteiger partial charge is 0.133 e. The van der Waals surface area contributed by atoms with Crippen LogP contribution in [-0.4, -0.2) is 47.6 Å². The number of ether oxygens (including phenoxy) is 1. The highest BCUT2D eigenvalue weighted by Crippen LogP contribution is 2.05. The van der Waals surface area contributed by atoms with Crippen molar-refractivity contribution in [2.75, 3.05) is 20.2 Å². The molecule has 5 heteroatoms. The van der Waals surface area contributed by atoms with Gasteiger partial charge in [0.15, 0.2) is 0 Å². The van der Waals surface area contributed by atoms with Crippen molar-refractivity contribution in [3.8, 4) is 0 Å². The van der Waals surface area contributed by atoms with Crippen molar-refractivity contribution in [3.05, 3.63) is 17.5 Å². The molecular formula is C12H22N2O3. The zero-order valence-electron chi connectivity index (χ0n) is 11.0. The van der Waals surface area contributed by atoms with Crippen LogP contribution in [0.25, 0.3) is 0 Å². The molecule has 0 aliphatic rings. The lowest BCUT2D eigenvalue weighted by Gasteiger charge is -2.20. The SMILES string of the molecule is Cc1cc(CN(C)CC(O)COC(C)C)no1. The van der Waals surface area contributed by atoms with E-state index in [1.807, 2.05) is 38.8 Å². The standard InChI is InChI=1S/C12H22N2O3/c1-9(2)16-8-12(15)7-14(4)6-11-5-10(3)17-13-11/h5,9,12,15H,6-8H2,1-4H3. The quantitative estimate of drug-likeness (QED) is 0.778. The zero-order valence-corrected chi connectivity index (χ0v) is 11.0. The first-order valence-electron chi connectivity index (χ1n) is 5.87. The molecule has 0 fully saturated rings. The molecule has 1 N–H and O–H groups in total. The van der Waals surface area contributed by atoms with Gasteiger partial charge < -0.3 is 14.4 Å². The van der Waals surface area contributed by atoms with Crippen LogP contribution in [-0.2, 0) is 11.3 Å². The number of aromatic nitrogens is 1. The summed E-state index contributed by atoms with van der Waals surface area (Å²) in [5, 5.41) is 13.6. The summed E-state index contributed by atoms with van der Waals surface area (Å²) >= 11 is 0. The number of aliphatic hydroxyl groups excluding tert-OH is 1. The van der Waals surface area contributed by atoms with Crippen molar-refractivity contribution in [3.63, 3.8) is 0 Å². The van der Waals surface area contributed by atoms with E-state index in [1.165, 1.54) is 0 Å². The number of rotatable bonds is 7. The van der Waals surface area contributed by atoms with Crippen LogP contribution in [0.4, 0.5) is 0 Å². The van der Waals surface area contributed by atoms with Crippen molar-refractivity contribution in [2.45, 2.75) is 39.5 Å². The molecule has 0 aromatic carbocycles. The van der Waals surface area contributed by atoms with Crippen LogP contribution in [0.3, 0.4) is 0 Å². The Morgan fingerprint density at radius 2 is 2.24 bits per heavy atom. The molecular weight excluding hydrogens is 220 g/mol. The number of likely N-dealkylation sites (N-methyl/N-ethyl adjacent to an activating group) is 1. The lowest BCUT2D eigenvalue weighted by atomic mass is 10.3. The highest BCUT2D eigenvalue weighted by atomic mass is 16.5. The van der Waals surface area contributed by atoms with E-state index in [0.717, 1.165) is 11.5 Å². The van der Waals surface area contributed by atoms with Gasteiger partial charge in [-0.05, 0) is 27.8 Å². The summed E-state index contributed by atoms with van der Waals surface area (Å²) in [5.74, 6) is 0.803. The Kier molecular flexibility index (Phi) is 5.61. The second kappa shape index (κ2) is 6.74. The van der Waals surface area contributed by atoms with E-state index in [2.05, 4.69) is 5.16 Å². The van der Waals surface area contributed by atoms with Crippen LogP contribution in [0.1, 0.15) is 25.3 Å². The van der Waals surface area contributed by atoms with Gasteiger partial charge in [-0.1, -0.05) is 5.16 Å². The number of nitrogens with zero attached hydrogens (tertiary/aromatic N) is 2. The van der Waals surface area contributed by atoms with Gasteiger partial charge in [0.1, 0.15) is 5.76 Å². The van der Waals surface area contributed by atoms with Gasteiger partial charge in [0.05, 0.1) is 24.5 Å². The van der Waals surface area contributed by atoms with E-state index in [4.69, 9.17) is 9.26 Å². The van der Waals surface area contributed by atoms with Crippen LogP contribution in [0.5, 0.6) is 0 Å². The lowest BCUT2D eigenvalue weighted by molar-refractivity contribution is -0.00652. The van der Waals surface area contributed by atoms with Crippen molar-refractivity contribution in [1.82, 2.24) is 10.1 Å². The monoisotopic (exact) mass is 242 g/mol. The molecule has 1 atom stereocenters. The van der Waals surface area contributed by atoms with Crippen LogP contribution in [0, 0.1) is 6.92 Å². The lowest BCUT2D eigenvalue weighted by Crippen LogP contribution is -2.32. The van der Waals surface area contributed by atoms with Gasteiger partial charge in [-0.3, -0.25) is 4.90 Å². The molecule has 98 valence electrons. The molecule has 0 spiro atoms. The second-order valence-electron chi connectivity index (χ2n) is 4.66. The molecule has 0 bridgehead atoms. The fraction of sp³-hybridized carbons (Fsp3) is 0.750. The van der Waals surface area contributed by atoms with Gasteiger partial charge in [-0.25, -0.2) is 0 Å². The highest BCUT2D eigenvalue weighted by molar-refractivity contribution is 5.03. The fourth-order valence-electron chi connectivity index (χ4n) is 1.55. The normalized spacial score (nSPS) is 13.6. The molecule has 0 aliphatic carbocycles. The van der Waals surface area contributed by atoms with Gasteiger partial charge >= 0.3 is 0 Å². The summed E-state index contributed by atoms with van der Waals surface area (Å²) in [5.41, 5.74) is 0.877. The van der Waals surface area contributed by atoms with Crippen molar-refractivity contribution < 1.29 is 14.4 Å². The Morgan fingerprint density at radius 3 is 2.76 bits per heavy atom. The minimum Gasteiger partial charge on any atom is -0.389 e. The summed E-state index contributed by atoms with van der Waals surface area (Å²) < 4.78 is 10.3.